The molecular formula is C29H31N3O3. The topological polar surface area (TPSA) is 56.6 Å². The van der Waals surface area contributed by atoms with Gasteiger partial charge in [0.1, 0.15) is 5.82 Å². The van der Waals surface area contributed by atoms with Crippen molar-refractivity contribution < 1.29 is 14.3 Å². The Labute approximate surface area is 206 Å². The lowest BCUT2D eigenvalue weighted by atomic mass is 10.1. The summed E-state index contributed by atoms with van der Waals surface area (Å²) >= 11 is 0. The first kappa shape index (κ1) is 23.0. The highest BCUT2D eigenvalue weighted by Crippen LogP contribution is 2.32. The molecule has 1 aliphatic rings. The monoisotopic (exact) mass is 469 g/mol. The van der Waals surface area contributed by atoms with Gasteiger partial charge in [-0.1, -0.05) is 54.6 Å². The van der Waals surface area contributed by atoms with Crippen LogP contribution in [0, 0.1) is 0 Å². The van der Waals surface area contributed by atoms with Crippen molar-refractivity contribution in [2.24, 2.45) is 0 Å². The van der Waals surface area contributed by atoms with Gasteiger partial charge in [0.25, 0.3) is 0 Å². The molecule has 0 spiro atoms. The minimum Gasteiger partial charge on any atom is -0.493 e. The van der Waals surface area contributed by atoms with E-state index in [2.05, 4.69) is 34.9 Å². The van der Waals surface area contributed by atoms with Crippen LogP contribution in [0.1, 0.15) is 36.6 Å². The van der Waals surface area contributed by atoms with Crippen LogP contribution in [0.25, 0.3) is 11.0 Å². The van der Waals surface area contributed by atoms with Crippen LogP contribution in [0.15, 0.2) is 78.9 Å². The fraction of sp³-hybridized carbons (Fsp3) is 0.310. The van der Waals surface area contributed by atoms with Crippen LogP contribution in [0.5, 0.6) is 11.5 Å². The summed E-state index contributed by atoms with van der Waals surface area (Å²) < 4.78 is 13.6. The molecule has 1 amide bonds. The molecule has 1 fully saturated rings. The van der Waals surface area contributed by atoms with E-state index in [1.165, 1.54) is 0 Å². The largest absolute Gasteiger partial charge is 0.493 e. The Balaban J connectivity index is 1.26. The van der Waals surface area contributed by atoms with Gasteiger partial charge >= 0.3 is 0 Å². The summed E-state index contributed by atoms with van der Waals surface area (Å²) in [4.78, 5) is 19.8. The van der Waals surface area contributed by atoms with Crippen LogP contribution in [-0.2, 0) is 17.9 Å². The van der Waals surface area contributed by atoms with E-state index < -0.39 is 0 Å². The van der Waals surface area contributed by atoms with Crippen molar-refractivity contribution in [3.05, 3.63) is 90.3 Å². The summed E-state index contributed by atoms with van der Waals surface area (Å²) in [5.41, 5.74) is 3.27. The first-order chi connectivity index (χ1) is 17.2. The average Bonchev–Trinajstić information content (AvgIpc) is 3.44. The van der Waals surface area contributed by atoms with Gasteiger partial charge in [-0.05, 0) is 42.7 Å². The van der Waals surface area contributed by atoms with Gasteiger partial charge in [0.05, 0.1) is 24.8 Å². The lowest BCUT2D eigenvalue weighted by molar-refractivity contribution is -0.128. The second-order valence-corrected chi connectivity index (χ2v) is 8.98. The normalized spacial score (nSPS) is 15.6. The van der Waals surface area contributed by atoms with Gasteiger partial charge in [-0.15, -0.1) is 0 Å². The Kier molecular flexibility index (Phi) is 6.98. The van der Waals surface area contributed by atoms with Crippen molar-refractivity contribution in [2.75, 3.05) is 20.3 Å². The second-order valence-electron chi connectivity index (χ2n) is 8.98. The van der Waals surface area contributed by atoms with E-state index in [9.17, 15) is 4.79 Å². The molecule has 5 rings (SSSR count). The minimum atomic E-state index is 0.100. The molecule has 2 heterocycles. The molecule has 0 radical (unpaired) electrons. The number of aromatic nitrogens is 2. The number of nitrogens with zero attached hydrogens (tertiary/aromatic N) is 3. The van der Waals surface area contributed by atoms with E-state index in [-0.39, 0.29) is 11.8 Å². The van der Waals surface area contributed by atoms with Crippen LogP contribution in [0.3, 0.4) is 0 Å². The van der Waals surface area contributed by atoms with Gasteiger partial charge in [-0.2, -0.15) is 0 Å². The number of carbonyl (C=O) groups excluding carboxylic acids is 1. The molecular weight excluding hydrogens is 438 g/mol. The molecule has 0 N–H and O–H groups in total. The number of benzene rings is 3. The number of ether oxygens (including phenoxy) is 2. The number of fused-ring (bicyclic) bond motifs is 1. The van der Waals surface area contributed by atoms with E-state index >= 15 is 0 Å². The summed E-state index contributed by atoms with van der Waals surface area (Å²) in [6, 6.07) is 26.2. The summed E-state index contributed by atoms with van der Waals surface area (Å²) in [6.45, 7) is 2.81. The summed E-state index contributed by atoms with van der Waals surface area (Å²) in [7, 11) is 1.66. The highest BCUT2D eigenvalue weighted by molar-refractivity contribution is 5.81. The van der Waals surface area contributed by atoms with Crippen molar-refractivity contribution in [1.82, 2.24) is 14.5 Å². The SMILES string of the molecule is COc1ccccc1OCCCCn1c([C@H]2CC(=O)N(Cc3ccccc3)C2)nc2ccccc21. The van der Waals surface area contributed by atoms with Gasteiger partial charge in [-0.3, -0.25) is 4.79 Å². The predicted octanol–water partition coefficient (Wildman–Crippen LogP) is 5.42. The van der Waals surface area contributed by atoms with Crippen LogP contribution >= 0.6 is 0 Å². The maximum Gasteiger partial charge on any atom is 0.223 e. The van der Waals surface area contributed by atoms with Gasteiger partial charge in [0.15, 0.2) is 11.5 Å². The number of methoxy groups -OCH3 is 1. The van der Waals surface area contributed by atoms with Gasteiger partial charge in [0, 0.05) is 32.0 Å². The number of hydrogen-bond acceptors (Lipinski definition) is 4. The van der Waals surface area contributed by atoms with Crippen LogP contribution in [-0.4, -0.2) is 40.6 Å². The molecule has 0 bridgehead atoms. The number of likely N-dealkylation sites (tertiary alicyclic amines) is 1. The molecule has 0 aliphatic carbocycles. The zero-order valence-corrected chi connectivity index (χ0v) is 20.1. The molecule has 1 atom stereocenters. The molecule has 6 nitrogen and oxygen atoms in total. The molecule has 6 heteroatoms. The molecule has 0 unspecified atom stereocenters. The summed E-state index contributed by atoms with van der Waals surface area (Å²) in [5.74, 6) is 2.83. The first-order valence-electron chi connectivity index (χ1n) is 12.3. The van der Waals surface area contributed by atoms with E-state index in [1.54, 1.807) is 7.11 Å². The highest BCUT2D eigenvalue weighted by atomic mass is 16.5. The predicted molar refractivity (Wildman–Crippen MR) is 137 cm³/mol. The van der Waals surface area contributed by atoms with E-state index in [0.29, 0.717) is 26.1 Å². The van der Waals surface area contributed by atoms with Crippen LogP contribution < -0.4 is 9.47 Å². The number of imidazole rings is 1. The van der Waals surface area contributed by atoms with E-state index in [4.69, 9.17) is 14.5 Å². The number of carbonyl (C=O) groups is 1. The molecule has 1 saturated heterocycles. The fourth-order valence-electron chi connectivity index (χ4n) is 4.83. The first-order valence-corrected chi connectivity index (χ1v) is 12.3. The lowest BCUT2D eigenvalue weighted by Crippen LogP contribution is -2.24. The maximum absolute atomic E-state index is 12.8. The fourth-order valence-corrected chi connectivity index (χ4v) is 4.83. The molecule has 3 aromatic carbocycles. The maximum atomic E-state index is 12.8. The van der Waals surface area contributed by atoms with Gasteiger partial charge in [0.2, 0.25) is 5.91 Å². The van der Waals surface area contributed by atoms with Gasteiger partial charge in [-0.25, -0.2) is 4.98 Å². The van der Waals surface area contributed by atoms with E-state index in [1.807, 2.05) is 53.4 Å². The summed E-state index contributed by atoms with van der Waals surface area (Å²) in [5, 5.41) is 0. The molecule has 0 saturated carbocycles. The van der Waals surface area contributed by atoms with Crippen molar-refractivity contribution >= 4 is 16.9 Å². The standard InChI is InChI=1S/C29H31N3O3/c1-34-26-15-7-8-16-27(26)35-18-10-9-17-32-25-14-6-5-13-24(25)30-29(32)23-19-28(33)31(21-23)20-22-11-3-2-4-12-22/h2-8,11-16,23H,9-10,17-21H2,1H3/t23-/m0/s1. The molecule has 1 aliphatic heterocycles. The number of rotatable bonds is 10. The zero-order chi connectivity index (χ0) is 24.0. The third-order valence-corrected chi connectivity index (χ3v) is 6.58. The third-order valence-electron chi connectivity index (χ3n) is 6.58. The number of amides is 1. The number of para-hydroxylation sites is 4. The Morgan fingerprint density at radius 2 is 1.66 bits per heavy atom. The number of hydrogen-bond donors (Lipinski definition) is 0. The van der Waals surface area contributed by atoms with Crippen molar-refractivity contribution in [2.45, 2.75) is 38.3 Å². The van der Waals surface area contributed by atoms with Crippen molar-refractivity contribution in [3.63, 3.8) is 0 Å². The Morgan fingerprint density at radius 1 is 0.914 bits per heavy atom. The number of aryl methyl sites for hydroxylation is 1. The molecule has 180 valence electrons. The lowest BCUT2D eigenvalue weighted by Gasteiger charge is -2.17. The Bertz CT molecular complexity index is 1280. The molecule has 4 aromatic rings. The van der Waals surface area contributed by atoms with E-state index in [0.717, 1.165) is 53.3 Å². The minimum absolute atomic E-state index is 0.100. The van der Waals surface area contributed by atoms with Crippen molar-refractivity contribution in [1.29, 1.82) is 0 Å². The molecule has 1 aromatic heterocycles. The van der Waals surface area contributed by atoms with Gasteiger partial charge < -0.3 is 18.9 Å². The average molecular weight is 470 g/mol. The van der Waals surface area contributed by atoms with Crippen LogP contribution in [0.2, 0.25) is 0 Å². The summed E-state index contributed by atoms with van der Waals surface area (Å²) in [6.07, 6.45) is 2.37. The zero-order valence-electron chi connectivity index (χ0n) is 20.1. The van der Waals surface area contributed by atoms with Crippen LogP contribution in [0.4, 0.5) is 0 Å². The smallest absolute Gasteiger partial charge is 0.223 e. The quantitative estimate of drug-likeness (QED) is 0.291. The Hall–Kier alpha value is -3.80. The second kappa shape index (κ2) is 10.6. The number of unbranched alkanes of at least 4 members (excludes halogenated alkanes) is 1. The third kappa shape index (κ3) is 5.16. The molecule has 35 heavy (non-hydrogen) atoms. The Morgan fingerprint density at radius 3 is 2.49 bits per heavy atom. The van der Waals surface area contributed by atoms with Crippen molar-refractivity contribution in [3.8, 4) is 11.5 Å². The highest BCUT2D eigenvalue weighted by Gasteiger charge is 2.33.